The highest BCUT2D eigenvalue weighted by atomic mass is 32.1. The molecule has 3 heterocycles. The van der Waals surface area contributed by atoms with Gasteiger partial charge in [0.2, 0.25) is 0 Å². The second-order valence-electron chi connectivity index (χ2n) is 11.7. The molecule has 0 unspecified atom stereocenters. The molecule has 0 aliphatic carbocycles. The maximum Gasteiger partial charge on any atom is 0.266 e. The van der Waals surface area contributed by atoms with Crippen molar-refractivity contribution in [3.05, 3.63) is 111 Å². The Morgan fingerprint density at radius 1 is 0.571 bits per heavy atom. The Morgan fingerprint density at radius 3 is 1.43 bits per heavy atom. The monoisotopic (exact) mass is 687 g/mol. The highest BCUT2D eigenvalue weighted by Crippen LogP contribution is 2.50. The third kappa shape index (κ3) is 4.21. The van der Waals surface area contributed by atoms with E-state index in [0.717, 1.165) is 29.4 Å². The van der Waals surface area contributed by atoms with Gasteiger partial charge in [0, 0.05) is 21.9 Å². The van der Waals surface area contributed by atoms with Gasteiger partial charge in [-0.15, -0.1) is 22.7 Å². The van der Waals surface area contributed by atoms with Crippen LogP contribution in [0.15, 0.2) is 88.5 Å². The molecule has 240 valence electrons. The number of phenolic OH excluding ortho intramolecular Hbond substituents is 2. The number of rotatable bonds is 3. The fourth-order valence-corrected chi connectivity index (χ4v) is 8.83. The zero-order valence-electron chi connectivity index (χ0n) is 24.8. The summed E-state index contributed by atoms with van der Waals surface area (Å²) in [7, 11) is 0. The zero-order chi connectivity index (χ0) is 33.9. The molecule has 0 saturated carbocycles. The van der Waals surface area contributed by atoms with Crippen LogP contribution in [-0.4, -0.2) is 45.2 Å². The van der Waals surface area contributed by atoms with Crippen molar-refractivity contribution in [2.75, 3.05) is 0 Å². The summed E-state index contributed by atoms with van der Waals surface area (Å²) < 4.78 is 4.11. The van der Waals surface area contributed by atoms with E-state index in [4.69, 9.17) is 9.97 Å². The van der Waals surface area contributed by atoms with Crippen LogP contribution in [0.5, 0.6) is 11.5 Å². The molecule has 0 fully saturated rings. The predicted molar refractivity (Wildman–Crippen MR) is 190 cm³/mol. The van der Waals surface area contributed by atoms with E-state index in [2.05, 4.69) is 0 Å². The Hall–Kier alpha value is -5.54. The van der Waals surface area contributed by atoms with Crippen molar-refractivity contribution in [1.29, 1.82) is 0 Å². The number of nitrogens with zero attached hydrogens (tertiary/aromatic N) is 3. The summed E-state index contributed by atoms with van der Waals surface area (Å²) in [4.78, 5) is 37.5. The first kappa shape index (κ1) is 29.6. The fraction of sp³-hybridized carbons (Fsp3) is 0.0556. The lowest BCUT2D eigenvalue weighted by Gasteiger charge is -2.15. The van der Waals surface area contributed by atoms with Crippen LogP contribution in [0, 0.1) is 0 Å². The quantitative estimate of drug-likeness (QED) is 0.0594. The molecular weight excluding hydrogens is 667 g/mol. The van der Waals surface area contributed by atoms with E-state index in [9.17, 15) is 40.2 Å². The van der Waals surface area contributed by atoms with Crippen LogP contribution in [0.3, 0.4) is 0 Å². The van der Waals surface area contributed by atoms with Crippen molar-refractivity contribution in [3.63, 3.8) is 0 Å². The van der Waals surface area contributed by atoms with Gasteiger partial charge in [0.25, 0.3) is 11.1 Å². The van der Waals surface area contributed by atoms with E-state index in [-0.39, 0.29) is 60.6 Å². The summed E-state index contributed by atoms with van der Waals surface area (Å²) in [5, 5.41) is 63.8. The molecule has 9 rings (SSSR count). The third-order valence-electron chi connectivity index (χ3n) is 8.80. The Morgan fingerprint density at radius 2 is 1.00 bits per heavy atom. The van der Waals surface area contributed by atoms with Gasteiger partial charge in [-0.05, 0) is 54.6 Å². The summed E-state index contributed by atoms with van der Waals surface area (Å²) in [6.07, 6.45) is -4.06. The summed E-state index contributed by atoms with van der Waals surface area (Å²) in [5.74, 6) is -0.524. The highest BCUT2D eigenvalue weighted by Gasteiger charge is 2.25. The first-order chi connectivity index (χ1) is 23.6. The lowest BCUT2D eigenvalue weighted by atomic mass is 9.97. The number of hydrogen-bond acceptors (Lipinski definition) is 12. The standard InChI is InChI=1S/C36H21N3O8S2/c40-29-17-12-19-20(34(43)39(33(19)42)16-10-14(35(44)45)9-15(11-16)36(46)47)13-18(17)30(41)26-25(29)27-31(48-23-7-3-1-5-21(23)37-27)32-28(26)38-22-6-2-4-8-24(22)49-32/h1-13,35-36,40-41,44-47H. The van der Waals surface area contributed by atoms with Crippen LogP contribution in [0.25, 0.3) is 78.9 Å². The number of fused-ring (bicyclic) bond motifs is 10. The number of para-hydroxylation sites is 2. The Kier molecular flexibility index (Phi) is 6.33. The largest absolute Gasteiger partial charge is 0.507 e. The normalized spacial score (nSPS) is 12.4. The van der Waals surface area contributed by atoms with E-state index >= 15 is 0 Å². The van der Waals surface area contributed by atoms with E-state index in [1.54, 1.807) is 0 Å². The smallest absolute Gasteiger partial charge is 0.266 e. The first-order valence-electron chi connectivity index (χ1n) is 14.9. The number of hydrogen-bond donors (Lipinski definition) is 6. The zero-order valence-corrected chi connectivity index (χ0v) is 26.5. The van der Waals surface area contributed by atoms with Crippen LogP contribution in [0.2, 0.25) is 0 Å². The summed E-state index contributed by atoms with van der Waals surface area (Å²) in [5.41, 5.74) is 0.172. The van der Waals surface area contributed by atoms with Gasteiger partial charge in [-0.25, -0.2) is 14.5 Å². The van der Waals surface area contributed by atoms with Crippen molar-refractivity contribution in [1.82, 2.24) is 14.5 Å². The van der Waals surface area contributed by atoms with Gasteiger partial charge in [-0.1, -0.05) is 24.3 Å². The molecule has 0 amide bonds. The number of aliphatic hydroxyl groups excluding tert-OH is 2. The lowest BCUT2D eigenvalue weighted by Crippen LogP contribution is -2.24. The maximum atomic E-state index is 13.8. The molecule has 49 heavy (non-hydrogen) atoms. The van der Waals surface area contributed by atoms with E-state index in [1.165, 1.54) is 46.9 Å². The Bertz CT molecular complexity index is 2840. The number of aliphatic hydroxyl groups is 4. The summed E-state index contributed by atoms with van der Waals surface area (Å²) >= 11 is 2.97. The molecule has 6 N–H and O–H groups in total. The third-order valence-corrected chi connectivity index (χ3v) is 11.3. The minimum atomic E-state index is -2.03. The molecule has 0 spiro atoms. The van der Waals surface area contributed by atoms with Crippen molar-refractivity contribution in [2.45, 2.75) is 12.6 Å². The second kappa shape index (κ2) is 10.5. The number of aromatic hydroxyl groups is 2. The SMILES string of the molecule is O=c1c2cc3c(O)c4c5nc6ccccc6sc5c5sc6ccccc6nc5c4c(O)c3cc2c(=O)n1-c1cc(C(O)O)cc(C(O)O)c1. The molecule has 0 bridgehead atoms. The van der Waals surface area contributed by atoms with Gasteiger partial charge in [0.05, 0.1) is 68.1 Å². The molecule has 0 saturated heterocycles. The molecule has 0 aliphatic rings. The van der Waals surface area contributed by atoms with Gasteiger partial charge >= 0.3 is 0 Å². The van der Waals surface area contributed by atoms with E-state index in [0.29, 0.717) is 22.1 Å². The van der Waals surface area contributed by atoms with Crippen molar-refractivity contribution < 1.29 is 30.6 Å². The van der Waals surface area contributed by atoms with E-state index < -0.39 is 23.7 Å². The predicted octanol–water partition coefficient (Wildman–Crippen LogP) is 5.56. The Balaban J connectivity index is 1.45. The van der Waals surface area contributed by atoms with Gasteiger partial charge < -0.3 is 30.6 Å². The van der Waals surface area contributed by atoms with Crippen molar-refractivity contribution in [2.24, 2.45) is 0 Å². The van der Waals surface area contributed by atoms with Crippen LogP contribution in [0.1, 0.15) is 23.7 Å². The average molecular weight is 688 g/mol. The van der Waals surface area contributed by atoms with Gasteiger partial charge in [0.1, 0.15) is 11.5 Å². The maximum absolute atomic E-state index is 13.8. The molecule has 9 aromatic rings. The average Bonchev–Trinajstić information content (AvgIpc) is 3.35. The molecule has 0 aliphatic heterocycles. The van der Waals surface area contributed by atoms with Crippen molar-refractivity contribution in [3.8, 4) is 17.2 Å². The highest BCUT2D eigenvalue weighted by molar-refractivity contribution is 7.32. The number of benzene rings is 6. The number of aromatic nitrogens is 3. The topological polar surface area (TPSA) is 186 Å². The van der Waals surface area contributed by atoms with Gasteiger partial charge in [0.15, 0.2) is 12.6 Å². The molecule has 0 atom stereocenters. The van der Waals surface area contributed by atoms with Crippen molar-refractivity contribution >= 4 is 95.9 Å². The van der Waals surface area contributed by atoms with Crippen LogP contribution in [0.4, 0.5) is 0 Å². The first-order valence-corrected chi connectivity index (χ1v) is 16.5. The van der Waals surface area contributed by atoms with Gasteiger partial charge in [-0.3, -0.25) is 9.59 Å². The van der Waals surface area contributed by atoms with Crippen LogP contribution in [-0.2, 0) is 0 Å². The van der Waals surface area contributed by atoms with Gasteiger partial charge in [-0.2, -0.15) is 0 Å². The van der Waals surface area contributed by atoms with Crippen LogP contribution >= 0.6 is 22.7 Å². The molecule has 13 heteroatoms. The molecule has 0 radical (unpaired) electrons. The van der Waals surface area contributed by atoms with Crippen LogP contribution < -0.4 is 11.1 Å². The lowest BCUT2D eigenvalue weighted by molar-refractivity contribution is -0.0475. The summed E-state index contributed by atoms with van der Waals surface area (Å²) in [6.45, 7) is 0. The second-order valence-corrected chi connectivity index (χ2v) is 13.8. The fourth-order valence-electron chi connectivity index (χ4n) is 6.54. The number of phenols is 2. The van der Waals surface area contributed by atoms with E-state index in [1.807, 2.05) is 48.5 Å². The summed E-state index contributed by atoms with van der Waals surface area (Å²) in [6, 6.07) is 21.3. The molecule has 11 nitrogen and oxygen atoms in total. The minimum Gasteiger partial charge on any atom is -0.507 e. The molecule has 6 aromatic carbocycles. The molecule has 3 aromatic heterocycles. The molecular formula is C36H21N3O8S2. The Labute approximate surface area is 280 Å². The minimum absolute atomic E-state index is 0.0785.